The molecule has 0 aromatic rings. The molecule has 1 rings (SSSR count). The summed E-state index contributed by atoms with van der Waals surface area (Å²) in [6.45, 7) is 6.58. The summed E-state index contributed by atoms with van der Waals surface area (Å²) in [7, 11) is 0. The van der Waals surface area contributed by atoms with Crippen LogP contribution in [0.1, 0.15) is 39.5 Å². The van der Waals surface area contributed by atoms with Crippen LogP contribution in [-0.4, -0.2) is 19.1 Å². The van der Waals surface area contributed by atoms with E-state index >= 15 is 0 Å². The summed E-state index contributed by atoms with van der Waals surface area (Å²) in [6, 6.07) is 0.582. The molecule has 1 aliphatic rings. The van der Waals surface area contributed by atoms with E-state index in [1.165, 1.54) is 32.2 Å². The number of hydrogen-bond acceptors (Lipinski definition) is 2. The minimum Gasteiger partial charge on any atom is -0.329 e. The highest BCUT2D eigenvalue weighted by Crippen LogP contribution is 2.28. The Balaban J connectivity index is 2.40. The number of hydrogen-bond donors (Lipinski definition) is 2. The van der Waals surface area contributed by atoms with E-state index in [4.69, 9.17) is 5.73 Å². The average molecular weight is 184 g/mol. The fourth-order valence-electron chi connectivity index (χ4n) is 2.51. The average Bonchev–Trinajstić information content (AvgIpc) is 2.19. The van der Waals surface area contributed by atoms with E-state index in [2.05, 4.69) is 19.2 Å². The van der Waals surface area contributed by atoms with Gasteiger partial charge < -0.3 is 11.1 Å². The van der Waals surface area contributed by atoms with Gasteiger partial charge >= 0.3 is 0 Å². The molecule has 1 saturated heterocycles. The van der Waals surface area contributed by atoms with Crippen LogP contribution in [0.3, 0.4) is 0 Å². The molecule has 0 radical (unpaired) electrons. The molecule has 3 N–H and O–H groups in total. The summed E-state index contributed by atoms with van der Waals surface area (Å²) in [5, 5.41) is 3.54. The smallest absolute Gasteiger partial charge is 0.0193 e. The summed E-state index contributed by atoms with van der Waals surface area (Å²) in [4.78, 5) is 0. The molecule has 0 amide bonds. The summed E-state index contributed by atoms with van der Waals surface area (Å²) in [6.07, 6.45) is 5.31. The summed E-state index contributed by atoms with van der Waals surface area (Å²) in [5.74, 6) is 1.81. The Labute approximate surface area is 82.3 Å². The van der Waals surface area contributed by atoms with Gasteiger partial charge in [-0.25, -0.2) is 0 Å². The molecule has 0 saturated carbocycles. The van der Waals surface area contributed by atoms with Gasteiger partial charge in [0.15, 0.2) is 0 Å². The van der Waals surface area contributed by atoms with E-state index in [9.17, 15) is 0 Å². The van der Waals surface area contributed by atoms with Gasteiger partial charge in [0.1, 0.15) is 0 Å². The molecule has 3 atom stereocenters. The van der Waals surface area contributed by atoms with Crippen LogP contribution < -0.4 is 11.1 Å². The van der Waals surface area contributed by atoms with Crippen molar-refractivity contribution in [3.05, 3.63) is 0 Å². The first kappa shape index (κ1) is 11.0. The van der Waals surface area contributed by atoms with Crippen LogP contribution in [0.2, 0.25) is 0 Å². The Bertz CT molecular complexity index is 136. The van der Waals surface area contributed by atoms with Gasteiger partial charge in [0.2, 0.25) is 0 Å². The van der Waals surface area contributed by atoms with Crippen LogP contribution in [-0.2, 0) is 0 Å². The first-order chi connectivity index (χ1) is 6.31. The van der Waals surface area contributed by atoms with Gasteiger partial charge in [-0.2, -0.15) is 0 Å². The van der Waals surface area contributed by atoms with Crippen molar-refractivity contribution in [3.8, 4) is 0 Å². The molecule has 78 valence electrons. The molecule has 1 aliphatic heterocycles. The lowest BCUT2D eigenvalue weighted by atomic mass is 9.79. The standard InChI is InChI=1S/C11H24N2/c1-3-5-10-8-13-11(7-12)6-9(10)4-2/h9-11,13H,3-8,12H2,1-2H3. The molecule has 0 spiro atoms. The normalized spacial score (nSPS) is 34.8. The predicted octanol–water partition coefficient (Wildman–Crippen LogP) is 1.75. The third-order valence-corrected chi connectivity index (χ3v) is 3.39. The minimum absolute atomic E-state index is 0.582. The molecular formula is C11H24N2. The van der Waals surface area contributed by atoms with Crippen LogP contribution in [0.15, 0.2) is 0 Å². The lowest BCUT2D eigenvalue weighted by molar-refractivity contribution is 0.195. The fourth-order valence-corrected chi connectivity index (χ4v) is 2.51. The third kappa shape index (κ3) is 2.96. The molecule has 0 bridgehead atoms. The highest BCUT2D eigenvalue weighted by Gasteiger charge is 2.27. The molecule has 1 fully saturated rings. The second-order valence-corrected chi connectivity index (χ2v) is 4.29. The molecule has 3 unspecified atom stereocenters. The summed E-state index contributed by atoms with van der Waals surface area (Å²) < 4.78 is 0. The Morgan fingerprint density at radius 1 is 1.31 bits per heavy atom. The Kier molecular flexibility index (Phi) is 4.74. The predicted molar refractivity (Wildman–Crippen MR) is 57.6 cm³/mol. The molecular weight excluding hydrogens is 160 g/mol. The maximum Gasteiger partial charge on any atom is 0.0193 e. The monoisotopic (exact) mass is 184 g/mol. The van der Waals surface area contributed by atoms with E-state index in [1.807, 2.05) is 0 Å². The van der Waals surface area contributed by atoms with E-state index < -0.39 is 0 Å². The van der Waals surface area contributed by atoms with Gasteiger partial charge in [-0.1, -0.05) is 26.7 Å². The highest BCUT2D eigenvalue weighted by molar-refractivity contribution is 4.84. The van der Waals surface area contributed by atoms with Crippen LogP contribution in [0.5, 0.6) is 0 Å². The Morgan fingerprint density at radius 3 is 2.62 bits per heavy atom. The highest BCUT2D eigenvalue weighted by atomic mass is 15.0. The summed E-state index contributed by atoms with van der Waals surface area (Å²) in [5.41, 5.74) is 5.68. The van der Waals surface area contributed by atoms with Crippen molar-refractivity contribution < 1.29 is 0 Å². The van der Waals surface area contributed by atoms with Crippen LogP contribution in [0, 0.1) is 11.8 Å². The van der Waals surface area contributed by atoms with Gasteiger partial charge in [-0.15, -0.1) is 0 Å². The van der Waals surface area contributed by atoms with E-state index in [1.54, 1.807) is 0 Å². The first-order valence-corrected chi connectivity index (χ1v) is 5.75. The second kappa shape index (κ2) is 5.61. The maximum absolute atomic E-state index is 5.68. The number of rotatable bonds is 4. The lowest BCUT2D eigenvalue weighted by Gasteiger charge is -2.36. The van der Waals surface area contributed by atoms with Gasteiger partial charge in [0.25, 0.3) is 0 Å². The Morgan fingerprint density at radius 2 is 2.08 bits per heavy atom. The summed E-state index contributed by atoms with van der Waals surface area (Å²) >= 11 is 0. The molecule has 1 heterocycles. The zero-order valence-corrected chi connectivity index (χ0v) is 9.05. The van der Waals surface area contributed by atoms with Gasteiger partial charge in [-0.3, -0.25) is 0 Å². The van der Waals surface area contributed by atoms with Crippen molar-refractivity contribution in [2.24, 2.45) is 17.6 Å². The second-order valence-electron chi connectivity index (χ2n) is 4.29. The van der Waals surface area contributed by atoms with Crippen molar-refractivity contribution in [2.45, 2.75) is 45.6 Å². The largest absolute Gasteiger partial charge is 0.329 e. The molecule has 13 heavy (non-hydrogen) atoms. The number of nitrogens with two attached hydrogens (primary N) is 1. The lowest BCUT2D eigenvalue weighted by Crippen LogP contribution is -2.47. The van der Waals surface area contributed by atoms with Crippen LogP contribution in [0.4, 0.5) is 0 Å². The van der Waals surface area contributed by atoms with Crippen molar-refractivity contribution in [1.29, 1.82) is 0 Å². The zero-order valence-electron chi connectivity index (χ0n) is 9.05. The number of piperidine rings is 1. The quantitative estimate of drug-likeness (QED) is 0.698. The van der Waals surface area contributed by atoms with Crippen molar-refractivity contribution in [1.82, 2.24) is 5.32 Å². The topological polar surface area (TPSA) is 38.0 Å². The van der Waals surface area contributed by atoms with Crippen molar-refractivity contribution >= 4 is 0 Å². The van der Waals surface area contributed by atoms with E-state index in [0.29, 0.717) is 6.04 Å². The third-order valence-electron chi connectivity index (χ3n) is 3.39. The van der Waals surface area contributed by atoms with Gasteiger partial charge in [0, 0.05) is 12.6 Å². The van der Waals surface area contributed by atoms with Gasteiger partial charge in [-0.05, 0) is 31.2 Å². The fraction of sp³-hybridized carbons (Fsp3) is 1.00. The molecule has 0 aromatic heterocycles. The number of nitrogens with one attached hydrogen (secondary N) is 1. The van der Waals surface area contributed by atoms with E-state index in [-0.39, 0.29) is 0 Å². The SMILES string of the molecule is CCCC1CNC(CN)CC1CC. The van der Waals surface area contributed by atoms with E-state index in [0.717, 1.165) is 18.4 Å². The van der Waals surface area contributed by atoms with Gasteiger partial charge in [0.05, 0.1) is 0 Å². The molecule has 0 aliphatic carbocycles. The van der Waals surface area contributed by atoms with Crippen LogP contribution in [0.25, 0.3) is 0 Å². The maximum atomic E-state index is 5.68. The molecule has 2 nitrogen and oxygen atoms in total. The van der Waals surface area contributed by atoms with Crippen molar-refractivity contribution in [3.63, 3.8) is 0 Å². The first-order valence-electron chi connectivity index (χ1n) is 5.75. The Hall–Kier alpha value is -0.0800. The molecule has 0 aromatic carbocycles. The van der Waals surface area contributed by atoms with Crippen LogP contribution >= 0.6 is 0 Å². The molecule has 2 heteroatoms. The zero-order chi connectivity index (χ0) is 9.68. The minimum atomic E-state index is 0.582. The van der Waals surface area contributed by atoms with Crippen molar-refractivity contribution in [2.75, 3.05) is 13.1 Å².